The second-order valence-corrected chi connectivity index (χ2v) is 2.71. The standard InChI is InChI=1S/C9H13NO2.C2H6/c1-6-4-7(2)9(12-10)5-8(6)11-3;1-2/h4-5H,10H2,1-3H3;1-2H3. The van der Waals surface area contributed by atoms with Crippen LogP contribution in [-0.4, -0.2) is 7.11 Å². The highest BCUT2D eigenvalue weighted by molar-refractivity contribution is 5.45. The third-order valence-electron chi connectivity index (χ3n) is 1.82. The first-order chi connectivity index (χ1) is 6.69. The Balaban J connectivity index is 0.000000791. The van der Waals surface area contributed by atoms with Crippen LogP contribution in [0.2, 0.25) is 0 Å². The third-order valence-corrected chi connectivity index (χ3v) is 1.82. The predicted molar refractivity (Wildman–Crippen MR) is 58.6 cm³/mol. The molecule has 0 aliphatic carbocycles. The van der Waals surface area contributed by atoms with Crippen molar-refractivity contribution in [1.82, 2.24) is 0 Å². The molecule has 1 rings (SSSR count). The monoisotopic (exact) mass is 197 g/mol. The summed E-state index contributed by atoms with van der Waals surface area (Å²) in [5.74, 6) is 6.51. The molecule has 0 spiro atoms. The minimum Gasteiger partial charge on any atom is -0.496 e. The largest absolute Gasteiger partial charge is 0.496 e. The normalized spacial score (nSPS) is 8.71. The Labute approximate surface area is 85.8 Å². The number of aryl methyl sites for hydroxylation is 2. The number of ether oxygens (including phenoxy) is 1. The van der Waals surface area contributed by atoms with E-state index in [1.807, 2.05) is 33.8 Å². The molecule has 0 atom stereocenters. The zero-order chi connectivity index (χ0) is 11.1. The molecule has 0 aliphatic rings. The van der Waals surface area contributed by atoms with E-state index in [1.165, 1.54) is 0 Å². The lowest BCUT2D eigenvalue weighted by atomic mass is 10.1. The van der Waals surface area contributed by atoms with Gasteiger partial charge in [0.2, 0.25) is 0 Å². The molecule has 0 bridgehead atoms. The minimum absolute atomic E-state index is 0.650. The van der Waals surface area contributed by atoms with Crippen molar-refractivity contribution in [2.45, 2.75) is 27.7 Å². The van der Waals surface area contributed by atoms with E-state index in [2.05, 4.69) is 4.84 Å². The van der Waals surface area contributed by atoms with E-state index in [0.29, 0.717) is 5.75 Å². The SMILES string of the molecule is CC.COc1cc(ON)c(C)cc1C. The lowest BCUT2D eigenvalue weighted by molar-refractivity contribution is 0.328. The van der Waals surface area contributed by atoms with Gasteiger partial charge in [0, 0.05) is 6.07 Å². The van der Waals surface area contributed by atoms with E-state index in [1.54, 1.807) is 13.2 Å². The molecule has 0 radical (unpaired) electrons. The number of methoxy groups -OCH3 is 1. The number of rotatable bonds is 2. The maximum Gasteiger partial charge on any atom is 0.153 e. The fourth-order valence-electron chi connectivity index (χ4n) is 1.16. The summed E-state index contributed by atoms with van der Waals surface area (Å²) < 4.78 is 5.11. The Kier molecular flexibility index (Phi) is 5.72. The molecule has 3 nitrogen and oxygen atoms in total. The topological polar surface area (TPSA) is 44.5 Å². The first kappa shape index (κ1) is 12.8. The molecular weight excluding hydrogens is 178 g/mol. The second kappa shape index (κ2) is 6.27. The predicted octanol–water partition coefficient (Wildman–Crippen LogP) is 2.59. The van der Waals surface area contributed by atoms with E-state index in [-0.39, 0.29) is 0 Å². The number of hydrogen-bond acceptors (Lipinski definition) is 3. The third kappa shape index (κ3) is 2.92. The molecule has 0 aromatic heterocycles. The molecule has 0 saturated carbocycles. The van der Waals surface area contributed by atoms with Gasteiger partial charge in [-0.2, -0.15) is 5.90 Å². The molecule has 14 heavy (non-hydrogen) atoms. The summed E-state index contributed by atoms with van der Waals surface area (Å²) in [6.45, 7) is 7.92. The summed E-state index contributed by atoms with van der Waals surface area (Å²) in [7, 11) is 1.62. The van der Waals surface area contributed by atoms with Crippen LogP contribution < -0.4 is 15.5 Å². The number of hydrogen-bond donors (Lipinski definition) is 1. The molecule has 80 valence electrons. The van der Waals surface area contributed by atoms with Gasteiger partial charge in [0.05, 0.1) is 7.11 Å². The van der Waals surface area contributed by atoms with Crippen molar-refractivity contribution < 1.29 is 9.57 Å². The number of benzene rings is 1. The molecule has 1 aromatic rings. The summed E-state index contributed by atoms with van der Waals surface area (Å²) in [5, 5.41) is 0. The summed E-state index contributed by atoms with van der Waals surface area (Å²) in [6, 6.07) is 3.76. The van der Waals surface area contributed by atoms with Gasteiger partial charge >= 0.3 is 0 Å². The lowest BCUT2D eigenvalue weighted by Gasteiger charge is -2.08. The maximum absolute atomic E-state index is 5.11. The Bertz CT molecular complexity index is 260. The highest BCUT2D eigenvalue weighted by atomic mass is 16.6. The van der Waals surface area contributed by atoms with Crippen molar-refractivity contribution >= 4 is 0 Å². The Morgan fingerprint density at radius 1 is 1.00 bits per heavy atom. The Morgan fingerprint density at radius 3 is 1.93 bits per heavy atom. The molecule has 0 heterocycles. The van der Waals surface area contributed by atoms with Gasteiger partial charge in [0.15, 0.2) is 5.75 Å². The van der Waals surface area contributed by atoms with Gasteiger partial charge in [-0.3, -0.25) is 0 Å². The summed E-state index contributed by atoms with van der Waals surface area (Å²) >= 11 is 0. The Morgan fingerprint density at radius 2 is 1.50 bits per heavy atom. The van der Waals surface area contributed by atoms with E-state index < -0.39 is 0 Å². The first-order valence-electron chi connectivity index (χ1n) is 4.71. The zero-order valence-corrected chi connectivity index (χ0v) is 9.55. The van der Waals surface area contributed by atoms with E-state index in [0.717, 1.165) is 16.9 Å². The fraction of sp³-hybridized carbons (Fsp3) is 0.455. The molecular formula is C11H19NO2. The fourth-order valence-corrected chi connectivity index (χ4v) is 1.16. The van der Waals surface area contributed by atoms with Crippen LogP contribution in [0, 0.1) is 13.8 Å². The van der Waals surface area contributed by atoms with Crippen LogP contribution in [0.15, 0.2) is 12.1 Å². The number of nitrogens with two attached hydrogens (primary N) is 1. The molecule has 1 aromatic carbocycles. The zero-order valence-electron chi connectivity index (χ0n) is 9.55. The molecule has 2 N–H and O–H groups in total. The average molecular weight is 197 g/mol. The van der Waals surface area contributed by atoms with Gasteiger partial charge in [-0.25, -0.2) is 0 Å². The van der Waals surface area contributed by atoms with Crippen LogP contribution in [0.5, 0.6) is 11.5 Å². The highest BCUT2D eigenvalue weighted by Gasteiger charge is 2.04. The van der Waals surface area contributed by atoms with Gasteiger partial charge in [-0.15, -0.1) is 0 Å². The second-order valence-electron chi connectivity index (χ2n) is 2.71. The molecule has 0 fully saturated rings. The summed E-state index contributed by atoms with van der Waals surface area (Å²) in [4.78, 5) is 4.66. The average Bonchev–Trinajstić information content (AvgIpc) is 2.21. The van der Waals surface area contributed by atoms with E-state index in [9.17, 15) is 0 Å². The molecule has 0 amide bonds. The molecule has 0 aliphatic heterocycles. The maximum atomic E-state index is 5.11. The van der Waals surface area contributed by atoms with Crippen molar-refractivity contribution in [3.05, 3.63) is 23.3 Å². The van der Waals surface area contributed by atoms with Crippen LogP contribution in [0.25, 0.3) is 0 Å². The van der Waals surface area contributed by atoms with Gasteiger partial charge in [0.1, 0.15) is 5.75 Å². The van der Waals surface area contributed by atoms with Gasteiger partial charge < -0.3 is 9.57 Å². The van der Waals surface area contributed by atoms with Crippen molar-refractivity contribution in [2.75, 3.05) is 7.11 Å². The quantitative estimate of drug-likeness (QED) is 0.741. The van der Waals surface area contributed by atoms with Gasteiger partial charge in [0.25, 0.3) is 0 Å². The van der Waals surface area contributed by atoms with Crippen LogP contribution in [0.1, 0.15) is 25.0 Å². The van der Waals surface area contributed by atoms with Crippen LogP contribution in [0.3, 0.4) is 0 Å². The van der Waals surface area contributed by atoms with Crippen molar-refractivity contribution in [1.29, 1.82) is 0 Å². The molecule has 3 heteroatoms. The summed E-state index contributed by atoms with van der Waals surface area (Å²) in [5.41, 5.74) is 2.09. The summed E-state index contributed by atoms with van der Waals surface area (Å²) in [6.07, 6.45) is 0. The molecule has 0 saturated heterocycles. The van der Waals surface area contributed by atoms with E-state index >= 15 is 0 Å². The Hall–Kier alpha value is -1.22. The highest BCUT2D eigenvalue weighted by Crippen LogP contribution is 2.26. The van der Waals surface area contributed by atoms with Crippen molar-refractivity contribution in [3.63, 3.8) is 0 Å². The van der Waals surface area contributed by atoms with Crippen molar-refractivity contribution in [3.8, 4) is 11.5 Å². The molecule has 0 unspecified atom stereocenters. The minimum atomic E-state index is 0.650. The van der Waals surface area contributed by atoms with Crippen LogP contribution >= 0.6 is 0 Å². The van der Waals surface area contributed by atoms with Gasteiger partial charge in [-0.05, 0) is 31.0 Å². The van der Waals surface area contributed by atoms with Crippen LogP contribution in [0.4, 0.5) is 0 Å². The first-order valence-corrected chi connectivity index (χ1v) is 4.71. The van der Waals surface area contributed by atoms with Gasteiger partial charge in [-0.1, -0.05) is 13.8 Å². The smallest absolute Gasteiger partial charge is 0.153 e. The lowest BCUT2D eigenvalue weighted by Crippen LogP contribution is -2.04. The van der Waals surface area contributed by atoms with E-state index in [4.69, 9.17) is 10.6 Å². The van der Waals surface area contributed by atoms with Crippen molar-refractivity contribution in [2.24, 2.45) is 5.90 Å². The van der Waals surface area contributed by atoms with Crippen LogP contribution in [-0.2, 0) is 0 Å².